The SMILES string of the molecule is CCOc1ccc(-c2cc(C(=O)Nc3nc(-c4ccc(F)cc4)cs3)c3ccccc3n2)cc1. The number of pyridine rings is 1. The van der Waals surface area contributed by atoms with Crippen molar-refractivity contribution < 1.29 is 13.9 Å². The maximum Gasteiger partial charge on any atom is 0.258 e. The van der Waals surface area contributed by atoms with Crippen molar-refractivity contribution in [3.63, 3.8) is 0 Å². The number of fused-ring (bicyclic) bond motifs is 1. The molecule has 5 rings (SSSR count). The molecule has 5 aromatic rings. The lowest BCUT2D eigenvalue weighted by molar-refractivity contribution is 0.102. The Morgan fingerprint density at radius 2 is 1.65 bits per heavy atom. The van der Waals surface area contributed by atoms with Gasteiger partial charge in [-0.2, -0.15) is 0 Å². The third-order valence-corrected chi connectivity index (χ3v) is 6.04. The molecule has 0 radical (unpaired) electrons. The first-order valence-electron chi connectivity index (χ1n) is 10.8. The molecule has 7 heteroatoms. The van der Waals surface area contributed by atoms with Crippen LogP contribution >= 0.6 is 11.3 Å². The van der Waals surface area contributed by atoms with Gasteiger partial charge in [0.25, 0.3) is 5.91 Å². The number of aromatic nitrogens is 2. The zero-order valence-corrected chi connectivity index (χ0v) is 19.1. The second-order valence-corrected chi connectivity index (χ2v) is 8.39. The quantitative estimate of drug-likeness (QED) is 0.297. The summed E-state index contributed by atoms with van der Waals surface area (Å²) in [7, 11) is 0. The molecule has 0 bridgehead atoms. The van der Waals surface area contributed by atoms with E-state index in [2.05, 4.69) is 10.3 Å². The van der Waals surface area contributed by atoms with Crippen molar-refractivity contribution >= 4 is 33.3 Å². The molecule has 34 heavy (non-hydrogen) atoms. The number of carbonyl (C=O) groups is 1. The van der Waals surface area contributed by atoms with Crippen LogP contribution in [0, 0.1) is 5.82 Å². The number of anilines is 1. The summed E-state index contributed by atoms with van der Waals surface area (Å²) in [5, 5.41) is 5.96. The number of ether oxygens (including phenoxy) is 1. The number of rotatable bonds is 6. The van der Waals surface area contributed by atoms with Gasteiger partial charge in [0.1, 0.15) is 11.6 Å². The number of benzene rings is 3. The minimum absolute atomic E-state index is 0.272. The fourth-order valence-electron chi connectivity index (χ4n) is 3.65. The van der Waals surface area contributed by atoms with Crippen molar-refractivity contribution in [3.05, 3.63) is 95.6 Å². The first-order chi connectivity index (χ1) is 16.6. The van der Waals surface area contributed by atoms with Gasteiger partial charge in [0.15, 0.2) is 5.13 Å². The van der Waals surface area contributed by atoms with Crippen LogP contribution in [0.2, 0.25) is 0 Å². The van der Waals surface area contributed by atoms with Crippen LogP contribution in [0.15, 0.2) is 84.2 Å². The molecule has 0 aliphatic rings. The molecule has 5 nitrogen and oxygen atoms in total. The number of halogens is 1. The Balaban J connectivity index is 1.46. The Morgan fingerprint density at radius 1 is 0.941 bits per heavy atom. The average Bonchev–Trinajstić information content (AvgIpc) is 3.33. The molecular formula is C27H20FN3O2S. The lowest BCUT2D eigenvalue weighted by Crippen LogP contribution is -2.13. The first-order valence-corrected chi connectivity index (χ1v) is 11.6. The predicted molar refractivity (Wildman–Crippen MR) is 134 cm³/mol. The predicted octanol–water partition coefficient (Wildman–Crippen LogP) is 6.82. The topological polar surface area (TPSA) is 64.1 Å². The van der Waals surface area contributed by atoms with Crippen LogP contribution in [0.1, 0.15) is 17.3 Å². The number of amides is 1. The summed E-state index contributed by atoms with van der Waals surface area (Å²) in [4.78, 5) is 22.6. The van der Waals surface area contributed by atoms with E-state index in [0.29, 0.717) is 28.7 Å². The van der Waals surface area contributed by atoms with Crippen molar-refractivity contribution in [2.75, 3.05) is 11.9 Å². The molecule has 168 valence electrons. The fraction of sp³-hybridized carbons (Fsp3) is 0.0741. The van der Waals surface area contributed by atoms with Crippen molar-refractivity contribution in [2.45, 2.75) is 6.92 Å². The molecule has 1 amide bonds. The molecule has 0 atom stereocenters. The number of hydrogen-bond acceptors (Lipinski definition) is 5. The Hall–Kier alpha value is -4.10. The standard InChI is InChI=1S/C27H20FN3O2S/c1-2-33-20-13-9-17(10-14-20)24-15-22(21-5-3-4-6-23(21)29-24)26(32)31-27-30-25(16-34-27)18-7-11-19(28)12-8-18/h3-16H,2H2,1H3,(H,30,31,32). The molecule has 0 fully saturated rings. The minimum atomic E-state index is -0.305. The van der Waals surface area contributed by atoms with Gasteiger partial charge in [-0.05, 0) is 67.6 Å². The van der Waals surface area contributed by atoms with Gasteiger partial charge in [-0.3, -0.25) is 10.1 Å². The molecule has 2 heterocycles. The van der Waals surface area contributed by atoms with E-state index in [-0.39, 0.29) is 11.7 Å². The van der Waals surface area contributed by atoms with Gasteiger partial charge >= 0.3 is 0 Å². The van der Waals surface area contributed by atoms with E-state index in [1.54, 1.807) is 18.2 Å². The van der Waals surface area contributed by atoms with Gasteiger partial charge in [-0.1, -0.05) is 18.2 Å². The molecule has 0 spiro atoms. The number of carbonyl (C=O) groups excluding carboxylic acids is 1. The fourth-order valence-corrected chi connectivity index (χ4v) is 4.36. The summed E-state index contributed by atoms with van der Waals surface area (Å²) in [6.07, 6.45) is 0. The number of thiazole rings is 1. The third-order valence-electron chi connectivity index (χ3n) is 5.29. The van der Waals surface area contributed by atoms with Gasteiger partial charge in [0, 0.05) is 21.9 Å². The summed E-state index contributed by atoms with van der Waals surface area (Å²) in [5.41, 5.74) is 4.27. The normalized spacial score (nSPS) is 10.9. The van der Waals surface area contributed by atoms with Gasteiger partial charge < -0.3 is 4.74 Å². The molecule has 1 N–H and O–H groups in total. The van der Waals surface area contributed by atoms with Crippen LogP contribution in [-0.4, -0.2) is 22.5 Å². The largest absolute Gasteiger partial charge is 0.494 e. The van der Waals surface area contributed by atoms with Crippen LogP contribution in [-0.2, 0) is 0 Å². The van der Waals surface area contributed by atoms with Crippen LogP contribution < -0.4 is 10.1 Å². The van der Waals surface area contributed by atoms with Crippen LogP contribution in [0.3, 0.4) is 0 Å². The molecule has 2 aromatic heterocycles. The summed E-state index contributed by atoms with van der Waals surface area (Å²) in [5.74, 6) is 0.205. The highest BCUT2D eigenvalue weighted by Gasteiger charge is 2.16. The van der Waals surface area contributed by atoms with Crippen LogP contribution in [0.5, 0.6) is 5.75 Å². The Morgan fingerprint density at radius 3 is 2.41 bits per heavy atom. The number of nitrogens with one attached hydrogen (secondary N) is 1. The molecule has 0 unspecified atom stereocenters. The monoisotopic (exact) mass is 469 g/mol. The van der Waals surface area contributed by atoms with Crippen molar-refractivity contribution in [1.29, 1.82) is 0 Å². The summed E-state index contributed by atoms with van der Waals surface area (Å²) >= 11 is 1.32. The van der Waals surface area contributed by atoms with Gasteiger partial charge in [-0.15, -0.1) is 11.3 Å². The molecule has 0 saturated carbocycles. The maximum absolute atomic E-state index is 13.3. The van der Waals surface area contributed by atoms with Crippen molar-refractivity contribution in [2.24, 2.45) is 0 Å². The minimum Gasteiger partial charge on any atom is -0.494 e. The number of nitrogens with zero attached hydrogens (tertiary/aromatic N) is 2. The smallest absolute Gasteiger partial charge is 0.258 e. The maximum atomic E-state index is 13.3. The molecule has 0 saturated heterocycles. The summed E-state index contributed by atoms with van der Waals surface area (Å²) in [6, 6.07) is 23.1. The third kappa shape index (κ3) is 4.51. The second kappa shape index (κ2) is 9.41. The van der Waals surface area contributed by atoms with Crippen LogP contribution in [0.25, 0.3) is 33.4 Å². The van der Waals surface area contributed by atoms with Gasteiger partial charge in [0.05, 0.1) is 29.1 Å². The molecule has 3 aromatic carbocycles. The van der Waals surface area contributed by atoms with E-state index in [4.69, 9.17) is 9.72 Å². The van der Waals surface area contributed by atoms with E-state index in [1.807, 2.05) is 60.8 Å². The molecule has 0 aliphatic heterocycles. The van der Waals surface area contributed by atoms with Gasteiger partial charge in [-0.25, -0.2) is 14.4 Å². The Bertz CT molecular complexity index is 1460. The Kier molecular flexibility index (Phi) is 6.01. The Labute approximate surface area is 199 Å². The van der Waals surface area contributed by atoms with E-state index >= 15 is 0 Å². The summed E-state index contributed by atoms with van der Waals surface area (Å²) < 4.78 is 18.7. The lowest BCUT2D eigenvalue weighted by atomic mass is 10.0. The second-order valence-electron chi connectivity index (χ2n) is 7.53. The zero-order chi connectivity index (χ0) is 23.5. The molecular weight excluding hydrogens is 449 g/mol. The van der Waals surface area contributed by atoms with Crippen molar-refractivity contribution in [1.82, 2.24) is 9.97 Å². The molecule has 0 aliphatic carbocycles. The number of para-hydroxylation sites is 1. The highest BCUT2D eigenvalue weighted by Crippen LogP contribution is 2.29. The first kappa shape index (κ1) is 21.7. The summed E-state index contributed by atoms with van der Waals surface area (Å²) in [6.45, 7) is 2.53. The van der Waals surface area contributed by atoms with Crippen molar-refractivity contribution in [3.8, 4) is 28.3 Å². The average molecular weight is 470 g/mol. The lowest BCUT2D eigenvalue weighted by Gasteiger charge is -2.10. The van der Waals surface area contributed by atoms with E-state index in [1.165, 1.54) is 23.5 Å². The van der Waals surface area contributed by atoms with E-state index in [9.17, 15) is 9.18 Å². The number of hydrogen-bond donors (Lipinski definition) is 1. The van der Waals surface area contributed by atoms with Crippen LogP contribution in [0.4, 0.5) is 9.52 Å². The highest BCUT2D eigenvalue weighted by molar-refractivity contribution is 7.14. The zero-order valence-electron chi connectivity index (χ0n) is 18.3. The van der Waals surface area contributed by atoms with E-state index in [0.717, 1.165) is 27.8 Å². The van der Waals surface area contributed by atoms with Gasteiger partial charge in [0.2, 0.25) is 0 Å². The highest BCUT2D eigenvalue weighted by atomic mass is 32.1. The van der Waals surface area contributed by atoms with E-state index < -0.39 is 0 Å².